The quantitative estimate of drug-likeness (QED) is 0.634. The molecule has 11 heavy (non-hydrogen) atoms. The molecule has 0 bridgehead atoms. The van der Waals surface area contributed by atoms with Gasteiger partial charge in [-0.15, -0.1) is 0 Å². The molecule has 1 saturated heterocycles. The Morgan fingerprint density at radius 2 is 1.91 bits per heavy atom. The highest BCUT2D eigenvalue weighted by Gasteiger charge is 2.45. The lowest BCUT2D eigenvalue weighted by Gasteiger charge is -2.39. The molecule has 0 radical (unpaired) electrons. The fraction of sp³-hybridized carbons (Fsp3) is 1.00. The van der Waals surface area contributed by atoms with E-state index in [1.54, 1.807) is 0 Å². The van der Waals surface area contributed by atoms with Crippen LogP contribution in [0.15, 0.2) is 0 Å². The highest BCUT2D eigenvalue weighted by molar-refractivity contribution is 4.88. The maximum absolute atomic E-state index is 5.63. The Kier molecular flexibility index (Phi) is 1.87. The van der Waals surface area contributed by atoms with Crippen molar-refractivity contribution in [2.24, 2.45) is 11.7 Å². The van der Waals surface area contributed by atoms with Crippen LogP contribution in [0.1, 0.15) is 19.3 Å². The summed E-state index contributed by atoms with van der Waals surface area (Å²) in [7, 11) is 0. The van der Waals surface area contributed by atoms with E-state index in [-0.39, 0.29) is 0 Å². The first-order valence-electron chi connectivity index (χ1n) is 4.35. The molecule has 2 aliphatic rings. The predicted octanol–water partition coefficient (Wildman–Crippen LogP) is 0.488. The van der Waals surface area contributed by atoms with Crippen molar-refractivity contribution >= 4 is 0 Å². The molecule has 0 unspecified atom stereocenters. The fourth-order valence-corrected chi connectivity index (χ4v) is 1.84. The zero-order valence-electron chi connectivity index (χ0n) is 6.71. The Balaban J connectivity index is 2.02. The Morgan fingerprint density at radius 3 is 2.27 bits per heavy atom. The monoisotopic (exact) mass is 157 g/mol. The van der Waals surface area contributed by atoms with Gasteiger partial charge in [-0.2, -0.15) is 0 Å². The lowest BCUT2D eigenvalue weighted by molar-refractivity contribution is -0.204. The Labute approximate surface area is 66.8 Å². The zero-order valence-corrected chi connectivity index (χ0v) is 6.71. The van der Waals surface area contributed by atoms with Gasteiger partial charge in [0, 0.05) is 12.5 Å². The Morgan fingerprint density at radius 1 is 1.27 bits per heavy atom. The second-order valence-electron chi connectivity index (χ2n) is 3.34. The number of hydrogen-bond acceptors (Lipinski definition) is 3. The standard InChI is InChI=1S/C8H15NO2/c9-6-8(7-2-1-3-7)10-4-5-11-8/h7H,1-6,9H2. The van der Waals surface area contributed by atoms with Gasteiger partial charge >= 0.3 is 0 Å². The third-order valence-electron chi connectivity index (χ3n) is 2.79. The molecule has 0 atom stereocenters. The van der Waals surface area contributed by atoms with Gasteiger partial charge in [0.2, 0.25) is 0 Å². The van der Waals surface area contributed by atoms with Gasteiger partial charge in [-0.3, -0.25) is 0 Å². The van der Waals surface area contributed by atoms with Gasteiger partial charge in [-0.05, 0) is 12.8 Å². The van der Waals surface area contributed by atoms with Crippen LogP contribution < -0.4 is 5.73 Å². The number of rotatable bonds is 2. The van der Waals surface area contributed by atoms with Crippen LogP contribution >= 0.6 is 0 Å². The van der Waals surface area contributed by atoms with E-state index < -0.39 is 5.79 Å². The number of ether oxygens (including phenoxy) is 2. The normalized spacial score (nSPS) is 30.3. The molecule has 1 aliphatic carbocycles. The molecule has 1 heterocycles. The number of hydrogen-bond donors (Lipinski definition) is 1. The summed E-state index contributed by atoms with van der Waals surface area (Å²) in [6.45, 7) is 1.94. The van der Waals surface area contributed by atoms with E-state index in [1.165, 1.54) is 19.3 Å². The van der Waals surface area contributed by atoms with Gasteiger partial charge in [0.15, 0.2) is 5.79 Å². The zero-order chi connectivity index (χ0) is 7.73. The van der Waals surface area contributed by atoms with Crippen LogP contribution in [0, 0.1) is 5.92 Å². The van der Waals surface area contributed by atoms with Crippen LogP contribution in [0.5, 0.6) is 0 Å². The van der Waals surface area contributed by atoms with Gasteiger partial charge in [0.05, 0.1) is 13.2 Å². The molecule has 2 N–H and O–H groups in total. The fourth-order valence-electron chi connectivity index (χ4n) is 1.84. The van der Waals surface area contributed by atoms with Gasteiger partial charge in [-0.25, -0.2) is 0 Å². The van der Waals surface area contributed by atoms with E-state index in [0.717, 1.165) is 0 Å². The molecule has 0 aromatic carbocycles. The average Bonchev–Trinajstić information content (AvgIpc) is 2.34. The van der Waals surface area contributed by atoms with Crippen molar-refractivity contribution in [1.29, 1.82) is 0 Å². The molecule has 0 spiro atoms. The molecule has 64 valence electrons. The minimum absolute atomic E-state index is 0.391. The summed E-state index contributed by atoms with van der Waals surface area (Å²) in [4.78, 5) is 0. The highest BCUT2D eigenvalue weighted by Crippen LogP contribution is 2.40. The first-order valence-corrected chi connectivity index (χ1v) is 4.35. The third kappa shape index (κ3) is 1.08. The van der Waals surface area contributed by atoms with Crippen LogP contribution in [-0.4, -0.2) is 25.5 Å². The maximum atomic E-state index is 5.63. The summed E-state index contributed by atoms with van der Waals surface area (Å²) >= 11 is 0. The second-order valence-corrected chi connectivity index (χ2v) is 3.34. The summed E-state index contributed by atoms with van der Waals surface area (Å²) in [5, 5.41) is 0. The Bertz CT molecular complexity index is 139. The van der Waals surface area contributed by atoms with E-state index >= 15 is 0 Å². The lowest BCUT2D eigenvalue weighted by Crippen LogP contribution is -2.48. The molecule has 3 heteroatoms. The molecule has 0 amide bonds. The third-order valence-corrected chi connectivity index (χ3v) is 2.79. The lowest BCUT2D eigenvalue weighted by atomic mass is 9.79. The Hall–Kier alpha value is -0.120. The van der Waals surface area contributed by atoms with Crippen molar-refractivity contribution in [1.82, 2.24) is 0 Å². The minimum atomic E-state index is -0.391. The van der Waals surface area contributed by atoms with E-state index in [0.29, 0.717) is 25.7 Å². The summed E-state index contributed by atoms with van der Waals surface area (Å²) in [6.07, 6.45) is 3.74. The van der Waals surface area contributed by atoms with Crippen molar-refractivity contribution < 1.29 is 9.47 Å². The van der Waals surface area contributed by atoms with Gasteiger partial charge < -0.3 is 15.2 Å². The molecule has 0 aromatic rings. The molecular formula is C8H15NO2. The van der Waals surface area contributed by atoms with E-state index in [4.69, 9.17) is 15.2 Å². The van der Waals surface area contributed by atoms with Crippen molar-refractivity contribution in [3.8, 4) is 0 Å². The average molecular weight is 157 g/mol. The second kappa shape index (κ2) is 2.73. The molecule has 1 aliphatic heterocycles. The van der Waals surface area contributed by atoms with Crippen LogP contribution in [0.25, 0.3) is 0 Å². The van der Waals surface area contributed by atoms with Gasteiger partial charge in [0.25, 0.3) is 0 Å². The first kappa shape index (κ1) is 7.53. The minimum Gasteiger partial charge on any atom is -0.346 e. The largest absolute Gasteiger partial charge is 0.346 e. The maximum Gasteiger partial charge on any atom is 0.183 e. The molecule has 2 fully saturated rings. The van der Waals surface area contributed by atoms with E-state index in [1.807, 2.05) is 0 Å². The predicted molar refractivity (Wildman–Crippen MR) is 41.0 cm³/mol. The smallest absolute Gasteiger partial charge is 0.183 e. The summed E-state index contributed by atoms with van der Waals surface area (Å²) < 4.78 is 11.1. The van der Waals surface area contributed by atoms with Crippen molar-refractivity contribution in [3.05, 3.63) is 0 Å². The first-order chi connectivity index (χ1) is 5.37. The van der Waals surface area contributed by atoms with Crippen molar-refractivity contribution in [2.75, 3.05) is 19.8 Å². The van der Waals surface area contributed by atoms with Crippen molar-refractivity contribution in [3.63, 3.8) is 0 Å². The van der Waals surface area contributed by atoms with Gasteiger partial charge in [0.1, 0.15) is 0 Å². The summed E-state index contributed by atoms with van der Waals surface area (Å²) in [6, 6.07) is 0. The van der Waals surface area contributed by atoms with Crippen LogP contribution in [0.4, 0.5) is 0 Å². The SMILES string of the molecule is NCC1(C2CCC2)OCCO1. The van der Waals surface area contributed by atoms with E-state index in [9.17, 15) is 0 Å². The van der Waals surface area contributed by atoms with Crippen LogP contribution in [0.2, 0.25) is 0 Å². The molecular weight excluding hydrogens is 142 g/mol. The summed E-state index contributed by atoms with van der Waals surface area (Å²) in [5.41, 5.74) is 5.63. The summed E-state index contributed by atoms with van der Waals surface area (Å²) in [5.74, 6) is 0.174. The number of nitrogens with two attached hydrogens (primary N) is 1. The molecule has 3 nitrogen and oxygen atoms in total. The molecule has 0 aromatic heterocycles. The van der Waals surface area contributed by atoms with Crippen molar-refractivity contribution in [2.45, 2.75) is 25.0 Å². The van der Waals surface area contributed by atoms with E-state index in [2.05, 4.69) is 0 Å². The molecule has 1 saturated carbocycles. The van der Waals surface area contributed by atoms with Crippen LogP contribution in [-0.2, 0) is 9.47 Å². The van der Waals surface area contributed by atoms with Crippen LogP contribution in [0.3, 0.4) is 0 Å². The highest BCUT2D eigenvalue weighted by atomic mass is 16.7. The molecule has 2 rings (SSSR count). The topological polar surface area (TPSA) is 44.5 Å². The van der Waals surface area contributed by atoms with Gasteiger partial charge in [-0.1, -0.05) is 6.42 Å².